The Labute approximate surface area is 189 Å². The van der Waals surface area contributed by atoms with E-state index in [2.05, 4.69) is 10.3 Å². The summed E-state index contributed by atoms with van der Waals surface area (Å²) in [7, 11) is 2.94. The van der Waals surface area contributed by atoms with Crippen molar-refractivity contribution in [2.45, 2.75) is 26.4 Å². The van der Waals surface area contributed by atoms with E-state index in [9.17, 15) is 15.2 Å². The topological polar surface area (TPSA) is 110 Å². The standard InChI is InChI=1S/C23H24N2O6S/c1-13(2)7-10-17(31-23(26)19-6-5-11-32-19)14-12-18(29-3)20-15(24-27)8-9-16(25-28)21(20)22(14)30-4/h5-9,11-12,17,27-28H,10H2,1-4H3/t17-/m1/s1. The molecule has 1 aliphatic carbocycles. The first kappa shape index (κ1) is 23.1. The normalized spacial score (nSPS) is 15.9. The fourth-order valence-electron chi connectivity index (χ4n) is 3.43. The summed E-state index contributed by atoms with van der Waals surface area (Å²) in [6, 6.07) is 5.16. The molecule has 0 bridgehead atoms. The van der Waals surface area contributed by atoms with Crippen LogP contribution in [0.3, 0.4) is 0 Å². The number of rotatable bonds is 7. The zero-order valence-electron chi connectivity index (χ0n) is 18.2. The predicted molar refractivity (Wildman–Crippen MR) is 122 cm³/mol. The SMILES string of the molecule is COc1cc([C@@H](CC=C(C)C)OC(=O)c2cccs2)c(OC)c2c1C(=NO)C=CC2=NO. The molecule has 0 unspecified atom stereocenters. The lowest BCUT2D eigenvalue weighted by atomic mass is 9.88. The molecule has 0 spiro atoms. The molecule has 0 saturated carbocycles. The number of fused-ring (bicyclic) bond motifs is 1. The van der Waals surface area contributed by atoms with E-state index in [0.717, 1.165) is 5.57 Å². The maximum atomic E-state index is 12.8. The van der Waals surface area contributed by atoms with Crippen LogP contribution in [0.4, 0.5) is 0 Å². The van der Waals surface area contributed by atoms with Crippen LogP contribution in [0.5, 0.6) is 11.5 Å². The Balaban J connectivity index is 2.22. The summed E-state index contributed by atoms with van der Waals surface area (Å²) in [4.78, 5) is 13.2. The molecule has 1 aromatic carbocycles. The molecule has 1 aliphatic rings. The van der Waals surface area contributed by atoms with Crippen molar-refractivity contribution in [2.75, 3.05) is 14.2 Å². The van der Waals surface area contributed by atoms with E-state index in [4.69, 9.17) is 14.2 Å². The smallest absolute Gasteiger partial charge is 0.348 e. The number of ether oxygens (including phenoxy) is 3. The third kappa shape index (κ3) is 4.52. The van der Waals surface area contributed by atoms with Crippen LogP contribution < -0.4 is 9.47 Å². The van der Waals surface area contributed by atoms with Crippen molar-refractivity contribution in [3.8, 4) is 11.5 Å². The largest absolute Gasteiger partial charge is 0.496 e. The Morgan fingerprint density at radius 2 is 1.81 bits per heavy atom. The summed E-state index contributed by atoms with van der Waals surface area (Å²) in [6.07, 6.45) is 4.62. The van der Waals surface area contributed by atoms with Crippen molar-refractivity contribution in [3.05, 3.63) is 68.9 Å². The highest BCUT2D eigenvalue weighted by molar-refractivity contribution is 7.11. The Morgan fingerprint density at radius 3 is 2.34 bits per heavy atom. The van der Waals surface area contributed by atoms with Crippen molar-refractivity contribution < 1.29 is 29.4 Å². The van der Waals surface area contributed by atoms with Gasteiger partial charge in [0.15, 0.2) is 0 Å². The van der Waals surface area contributed by atoms with Crippen LogP contribution >= 0.6 is 11.3 Å². The monoisotopic (exact) mass is 456 g/mol. The van der Waals surface area contributed by atoms with Gasteiger partial charge in [-0.25, -0.2) is 4.79 Å². The number of esters is 1. The quantitative estimate of drug-likeness (QED) is 0.264. The van der Waals surface area contributed by atoms with Crippen LogP contribution in [0.1, 0.15) is 52.7 Å². The number of carbonyl (C=O) groups is 1. The minimum absolute atomic E-state index is 0.190. The molecule has 9 heteroatoms. The van der Waals surface area contributed by atoms with Crippen LogP contribution in [-0.4, -0.2) is 42.0 Å². The van der Waals surface area contributed by atoms with Crippen molar-refractivity contribution >= 4 is 28.7 Å². The number of hydrogen-bond acceptors (Lipinski definition) is 9. The molecule has 8 nitrogen and oxygen atoms in total. The van der Waals surface area contributed by atoms with Crippen molar-refractivity contribution in [2.24, 2.45) is 10.3 Å². The van der Waals surface area contributed by atoms with E-state index in [0.29, 0.717) is 39.5 Å². The molecule has 168 valence electrons. The van der Waals surface area contributed by atoms with Gasteiger partial charge >= 0.3 is 5.97 Å². The molecule has 32 heavy (non-hydrogen) atoms. The zero-order valence-corrected chi connectivity index (χ0v) is 19.0. The lowest BCUT2D eigenvalue weighted by Gasteiger charge is -2.25. The second-order valence-corrected chi connectivity index (χ2v) is 8.09. The van der Waals surface area contributed by atoms with Gasteiger partial charge in [0.1, 0.15) is 33.9 Å². The number of carbonyl (C=O) groups excluding carboxylic acids is 1. The molecule has 0 saturated heterocycles. The molecule has 0 radical (unpaired) electrons. The number of nitrogens with zero attached hydrogens (tertiary/aromatic N) is 2. The van der Waals surface area contributed by atoms with E-state index >= 15 is 0 Å². The second-order valence-electron chi connectivity index (χ2n) is 7.14. The van der Waals surface area contributed by atoms with E-state index < -0.39 is 12.1 Å². The molecular weight excluding hydrogens is 432 g/mol. The first-order chi connectivity index (χ1) is 15.4. The molecule has 2 aromatic rings. The minimum Gasteiger partial charge on any atom is -0.496 e. The minimum atomic E-state index is -0.714. The van der Waals surface area contributed by atoms with E-state index in [1.165, 1.54) is 37.7 Å². The first-order valence-electron chi connectivity index (χ1n) is 9.74. The average Bonchev–Trinajstić information content (AvgIpc) is 3.34. The first-order valence-corrected chi connectivity index (χ1v) is 10.6. The zero-order chi connectivity index (χ0) is 23.3. The molecule has 1 heterocycles. The highest BCUT2D eigenvalue weighted by Gasteiger charge is 2.32. The molecule has 1 aromatic heterocycles. The number of allylic oxidation sites excluding steroid dienone is 3. The van der Waals surface area contributed by atoms with Crippen LogP contribution in [0, 0.1) is 0 Å². The van der Waals surface area contributed by atoms with Crippen LogP contribution in [0.2, 0.25) is 0 Å². The molecule has 0 aliphatic heterocycles. The molecular formula is C23H24N2O6S. The van der Waals surface area contributed by atoms with Gasteiger partial charge in [-0.2, -0.15) is 0 Å². The Morgan fingerprint density at radius 1 is 1.12 bits per heavy atom. The van der Waals surface area contributed by atoms with Gasteiger partial charge < -0.3 is 24.6 Å². The van der Waals surface area contributed by atoms with Gasteiger partial charge in [-0.1, -0.05) is 28.0 Å². The van der Waals surface area contributed by atoms with Gasteiger partial charge in [0.2, 0.25) is 0 Å². The fourth-order valence-corrected chi connectivity index (χ4v) is 4.04. The third-order valence-corrected chi connectivity index (χ3v) is 5.73. The van der Waals surface area contributed by atoms with Crippen molar-refractivity contribution in [1.82, 2.24) is 0 Å². The lowest BCUT2D eigenvalue weighted by molar-refractivity contribution is 0.0303. The van der Waals surface area contributed by atoms with Gasteiger partial charge in [0.25, 0.3) is 0 Å². The number of oxime groups is 2. The number of methoxy groups -OCH3 is 2. The summed E-state index contributed by atoms with van der Waals surface area (Å²) in [6.45, 7) is 3.91. The summed E-state index contributed by atoms with van der Waals surface area (Å²) in [5, 5.41) is 27.6. The van der Waals surface area contributed by atoms with Gasteiger partial charge in [-0.15, -0.1) is 11.3 Å². The summed E-state index contributed by atoms with van der Waals surface area (Å²) in [5.74, 6) is 0.216. The second kappa shape index (κ2) is 10.1. The Bertz CT molecular complexity index is 1110. The third-order valence-electron chi connectivity index (χ3n) is 4.88. The molecule has 2 N–H and O–H groups in total. The highest BCUT2D eigenvalue weighted by Crippen LogP contribution is 2.42. The van der Waals surface area contributed by atoms with E-state index in [1.807, 2.05) is 19.9 Å². The average molecular weight is 457 g/mol. The number of hydrogen-bond donors (Lipinski definition) is 2. The molecule has 0 fully saturated rings. The van der Waals surface area contributed by atoms with Crippen molar-refractivity contribution in [1.29, 1.82) is 0 Å². The van der Waals surface area contributed by atoms with Gasteiger partial charge in [0.05, 0.1) is 25.3 Å². The van der Waals surface area contributed by atoms with Crippen molar-refractivity contribution in [3.63, 3.8) is 0 Å². The van der Waals surface area contributed by atoms with Crippen LogP contribution in [0.15, 0.2) is 57.7 Å². The number of benzene rings is 1. The summed E-state index contributed by atoms with van der Waals surface area (Å²) in [5.41, 5.74) is 2.76. The molecule has 0 amide bonds. The maximum absolute atomic E-state index is 12.8. The Hall–Kier alpha value is -3.59. The van der Waals surface area contributed by atoms with Gasteiger partial charge in [-0.3, -0.25) is 0 Å². The van der Waals surface area contributed by atoms with Crippen LogP contribution in [0.25, 0.3) is 0 Å². The molecule has 3 rings (SSSR count). The predicted octanol–water partition coefficient (Wildman–Crippen LogP) is 4.95. The number of thiophene rings is 1. The summed E-state index contributed by atoms with van der Waals surface area (Å²) < 4.78 is 17.1. The Kier molecular flexibility index (Phi) is 7.32. The van der Waals surface area contributed by atoms with E-state index in [1.54, 1.807) is 23.6 Å². The lowest BCUT2D eigenvalue weighted by Crippen LogP contribution is -2.19. The fraction of sp³-hybridized carbons (Fsp3) is 0.261. The molecule has 1 atom stereocenters. The highest BCUT2D eigenvalue weighted by atomic mass is 32.1. The van der Waals surface area contributed by atoms with Gasteiger partial charge in [0, 0.05) is 12.0 Å². The van der Waals surface area contributed by atoms with E-state index in [-0.39, 0.29) is 11.4 Å². The summed E-state index contributed by atoms with van der Waals surface area (Å²) >= 11 is 1.29. The van der Waals surface area contributed by atoms with Gasteiger partial charge in [-0.05, 0) is 43.5 Å². The van der Waals surface area contributed by atoms with Crippen LogP contribution in [-0.2, 0) is 4.74 Å². The maximum Gasteiger partial charge on any atom is 0.348 e.